The first-order valence-electron chi connectivity index (χ1n) is 6.88. The minimum atomic E-state index is -1.42. The van der Waals surface area contributed by atoms with Crippen LogP contribution in [0.2, 0.25) is 0 Å². The predicted molar refractivity (Wildman–Crippen MR) is 79.2 cm³/mol. The highest BCUT2D eigenvalue weighted by molar-refractivity contribution is 6.12. The Kier molecular flexibility index (Phi) is 3.53. The fourth-order valence-electron chi connectivity index (χ4n) is 2.71. The van der Waals surface area contributed by atoms with E-state index in [4.69, 9.17) is 0 Å². The molecule has 2 aromatic rings. The molecule has 0 saturated heterocycles. The summed E-state index contributed by atoms with van der Waals surface area (Å²) in [6.45, 7) is 0.344. The molecule has 116 valence electrons. The third kappa shape index (κ3) is 2.52. The lowest BCUT2D eigenvalue weighted by molar-refractivity contribution is -0.384. The van der Waals surface area contributed by atoms with Gasteiger partial charge in [-0.25, -0.2) is 0 Å². The average molecular weight is 311 g/mol. The van der Waals surface area contributed by atoms with Gasteiger partial charge in [0.05, 0.1) is 10.9 Å². The minimum absolute atomic E-state index is 0.0341. The van der Waals surface area contributed by atoms with Crippen molar-refractivity contribution >= 4 is 23.3 Å². The second-order valence-electron chi connectivity index (χ2n) is 5.11. The van der Waals surface area contributed by atoms with Crippen molar-refractivity contribution in [1.82, 2.24) is 0 Å². The fourth-order valence-corrected chi connectivity index (χ4v) is 2.71. The Labute approximate surface area is 130 Å². The molecule has 7 heteroatoms. The van der Waals surface area contributed by atoms with Crippen molar-refractivity contribution < 1.29 is 19.6 Å². The van der Waals surface area contributed by atoms with Crippen molar-refractivity contribution in [3.63, 3.8) is 0 Å². The predicted octanol–water partition coefficient (Wildman–Crippen LogP) is 1.16. The smallest absolute Gasteiger partial charge is 0.269 e. The van der Waals surface area contributed by atoms with Gasteiger partial charge >= 0.3 is 0 Å². The van der Waals surface area contributed by atoms with E-state index in [2.05, 4.69) is 0 Å². The zero-order valence-corrected chi connectivity index (χ0v) is 11.9. The molecule has 3 rings (SSSR count). The molecule has 2 aromatic carbocycles. The number of hydrogen-bond donors (Lipinski definition) is 0. The summed E-state index contributed by atoms with van der Waals surface area (Å²) in [5.74, 6) is -1.88. The summed E-state index contributed by atoms with van der Waals surface area (Å²) in [7, 11) is 0. The molecule has 23 heavy (non-hydrogen) atoms. The molecule has 1 heterocycles. The summed E-state index contributed by atoms with van der Waals surface area (Å²) in [6.07, 6.45) is 0.482. The Morgan fingerprint density at radius 1 is 1.09 bits per heavy atom. The van der Waals surface area contributed by atoms with Gasteiger partial charge in [-0.05, 0) is 24.1 Å². The van der Waals surface area contributed by atoms with Crippen LogP contribution in [0.5, 0.6) is 0 Å². The van der Waals surface area contributed by atoms with Gasteiger partial charge in [0, 0.05) is 35.5 Å². The summed E-state index contributed by atoms with van der Waals surface area (Å²) in [6, 6.07) is 10.1. The monoisotopic (exact) mass is 311 g/mol. The molecule has 0 N–H and O–H groups in total. The van der Waals surface area contributed by atoms with Crippen LogP contribution in [0.25, 0.3) is 0 Å². The molecule has 0 atom stereocenters. The number of nitro groups is 1. The first kappa shape index (κ1) is 14.7. The van der Waals surface area contributed by atoms with Crippen LogP contribution in [0.3, 0.4) is 0 Å². The van der Waals surface area contributed by atoms with Gasteiger partial charge in [-0.3, -0.25) is 14.9 Å². The Hall–Kier alpha value is -3.22. The van der Waals surface area contributed by atoms with Crippen molar-refractivity contribution in [2.45, 2.75) is 6.42 Å². The van der Waals surface area contributed by atoms with Gasteiger partial charge in [-0.15, -0.1) is 0 Å². The fraction of sp³-hybridized carbons (Fsp3) is 0.125. The number of anilines is 1. The molecular weight excluding hydrogens is 300 g/mol. The Morgan fingerprint density at radius 2 is 1.78 bits per heavy atom. The van der Waals surface area contributed by atoms with Gasteiger partial charge in [-0.2, -0.15) is 0 Å². The second kappa shape index (κ2) is 5.53. The zero-order valence-electron chi connectivity index (χ0n) is 11.9. The van der Waals surface area contributed by atoms with E-state index in [1.807, 2.05) is 0 Å². The average Bonchev–Trinajstić information content (AvgIpc) is 2.97. The van der Waals surface area contributed by atoms with Crippen LogP contribution in [0.4, 0.5) is 11.4 Å². The van der Waals surface area contributed by atoms with Gasteiger partial charge in [0.15, 0.2) is 0 Å². The van der Waals surface area contributed by atoms with Crippen LogP contribution >= 0.6 is 0 Å². The molecule has 1 aliphatic heterocycles. The van der Waals surface area contributed by atoms with E-state index in [1.54, 1.807) is 6.07 Å². The number of hydrogen-bond acceptors (Lipinski definition) is 5. The Bertz CT molecular complexity index is 831. The van der Waals surface area contributed by atoms with Crippen LogP contribution < -0.4 is 10.0 Å². The summed E-state index contributed by atoms with van der Waals surface area (Å²) >= 11 is 0. The van der Waals surface area contributed by atoms with Crippen LogP contribution in [-0.4, -0.2) is 23.3 Å². The molecule has 1 aliphatic rings. The number of non-ortho nitro benzene ring substituents is 1. The number of aromatic carboxylic acids is 1. The molecule has 0 fully saturated rings. The van der Waals surface area contributed by atoms with Crippen molar-refractivity contribution in [1.29, 1.82) is 0 Å². The molecule has 0 saturated carbocycles. The highest BCUT2D eigenvalue weighted by atomic mass is 16.6. The molecule has 0 unspecified atom stereocenters. The number of carboxylic acids is 1. The van der Waals surface area contributed by atoms with Crippen LogP contribution in [0, 0.1) is 10.1 Å². The maximum Gasteiger partial charge on any atom is 0.269 e. The first-order chi connectivity index (χ1) is 11.0. The number of nitrogens with zero attached hydrogens (tertiary/aromatic N) is 2. The number of benzene rings is 2. The van der Waals surface area contributed by atoms with Crippen molar-refractivity contribution in [3.8, 4) is 0 Å². The molecule has 0 bridgehead atoms. The Balaban J connectivity index is 1.99. The maximum atomic E-state index is 12.7. The minimum Gasteiger partial charge on any atom is -0.545 e. The highest BCUT2D eigenvalue weighted by Crippen LogP contribution is 2.32. The number of rotatable bonds is 3. The normalized spacial score (nSPS) is 12.8. The molecular formula is C16H11N2O5-. The molecule has 7 nitrogen and oxygen atoms in total. The van der Waals surface area contributed by atoms with Gasteiger partial charge in [0.1, 0.15) is 0 Å². The summed E-state index contributed by atoms with van der Waals surface area (Å²) < 4.78 is 0. The SMILES string of the molecule is O=C([O-])c1ccccc1C(=O)N1CCc2cc([N+](=O)[O-])ccc21. The first-order valence-corrected chi connectivity index (χ1v) is 6.88. The van der Waals surface area contributed by atoms with Crippen LogP contribution in [-0.2, 0) is 6.42 Å². The molecule has 0 aliphatic carbocycles. The number of carboxylic acid groups (broad SMARTS) is 1. The quantitative estimate of drug-likeness (QED) is 0.625. The number of carbonyl (C=O) groups is 2. The summed E-state index contributed by atoms with van der Waals surface area (Å²) in [4.78, 5) is 35.6. The van der Waals surface area contributed by atoms with E-state index in [0.717, 1.165) is 0 Å². The number of fused-ring (bicyclic) bond motifs is 1. The van der Waals surface area contributed by atoms with Crippen molar-refractivity contribution in [2.24, 2.45) is 0 Å². The zero-order chi connectivity index (χ0) is 16.6. The van der Waals surface area contributed by atoms with E-state index in [9.17, 15) is 24.8 Å². The van der Waals surface area contributed by atoms with Gasteiger partial charge in [0.25, 0.3) is 11.6 Å². The van der Waals surface area contributed by atoms with E-state index >= 15 is 0 Å². The van der Waals surface area contributed by atoms with Crippen LogP contribution in [0.1, 0.15) is 26.3 Å². The number of carbonyl (C=O) groups excluding carboxylic acids is 2. The lowest BCUT2D eigenvalue weighted by atomic mass is 10.1. The lowest BCUT2D eigenvalue weighted by Gasteiger charge is -2.19. The molecule has 1 amide bonds. The maximum absolute atomic E-state index is 12.7. The van der Waals surface area contributed by atoms with Crippen molar-refractivity contribution in [2.75, 3.05) is 11.4 Å². The Morgan fingerprint density at radius 3 is 2.43 bits per heavy atom. The molecule has 0 radical (unpaired) electrons. The van der Waals surface area contributed by atoms with E-state index in [0.29, 0.717) is 24.2 Å². The second-order valence-corrected chi connectivity index (χ2v) is 5.11. The molecule has 0 aromatic heterocycles. The summed E-state index contributed by atoms with van der Waals surface area (Å²) in [5.41, 5.74) is 1.09. The van der Waals surface area contributed by atoms with Crippen molar-refractivity contribution in [3.05, 3.63) is 69.3 Å². The standard InChI is InChI=1S/C16H12N2O5/c19-15(12-3-1-2-4-13(12)16(20)21)17-8-7-10-9-11(18(22)23)5-6-14(10)17/h1-6,9H,7-8H2,(H,20,21)/p-1. The third-order valence-corrected chi connectivity index (χ3v) is 3.79. The van der Waals surface area contributed by atoms with Crippen LogP contribution in [0.15, 0.2) is 42.5 Å². The third-order valence-electron chi connectivity index (χ3n) is 3.79. The van der Waals surface area contributed by atoms with Gasteiger partial charge in [0.2, 0.25) is 0 Å². The summed E-state index contributed by atoms with van der Waals surface area (Å²) in [5, 5.41) is 22.0. The molecule has 0 spiro atoms. The van der Waals surface area contributed by atoms with E-state index in [1.165, 1.54) is 41.3 Å². The number of nitro benzene ring substituents is 1. The van der Waals surface area contributed by atoms with Gasteiger partial charge < -0.3 is 14.8 Å². The lowest BCUT2D eigenvalue weighted by Crippen LogP contribution is -2.32. The van der Waals surface area contributed by atoms with Gasteiger partial charge in [-0.1, -0.05) is 18.2 Å². The largest absolute Gasteiger partial charge is 0.545 e. The highest BCUT2D eigenvalue weighted by Gasteiger charge is 2.28. The van der Waals surface area contributed by atoms with E-state index in [-0.39, 0.29) is 16.8 Å². The number of amides is 1. The van der Waals surface area contributed by atoms with E-state index < -0.39 is 16.8 Å². The topological polar surface area (TPSA) is 104 Å².